The second kappa shape index (κ2) is 13.6. The molecule has 0 saturated carbocycles. The molecule has 38 heavy (non-hydrogen) atoms. The zero-order valence-corrected chi connectivity index (χ0v) is 22.6. The van der Waals surface area contributed by atoms with Crippen molar-refractivity contribution in [2.24, 2.45) is 5.73 Å². The van der Waals surface area contributed by atoms with Gasteiger partial charge >= 0.3 is 11.8 Å². The smallest absolute Gasteiger partial charge is 0.309 e. The first-order chi connectivity index (χ1) is 17.3. The Bertz CT molecular complexity index is 1310. The highest BCUT2D eigenvalue weighted by Crippen LogP contribution is 2.24. The fourth-order valence-electron chi connectivity index (χ4n) is 4.26. The number of likely N-dealkylation sites (tertiary alicyclic amines) is 1. The van der Waals surface area contributed by atoms with Gasteiger partial charge in [-0.15, -0.1) is 24.8 Å². The van der Waals surface area contributed by atoms with E-state index in [1.807, 2.05) is 67.6 Å². The number of anilines is 1. The predicted octanol–water partition coefficient (Wildman–Crippen LogP) is 4.06. The van der Waals surface area contributed by atoms with E-state index in [1.165, 1.54) is 0 Å². The number of benzene rings is 3. The summed E-state index contributed by atoms with van der Waals surface area (Å²) < 4.78 is 6.11. The molecule has 0 radical (unpaired) electrons. The van der Waals surface area contributed by atoms with Crippen LogP contribution in [-0.4, -0.2) is 47.6 Å². The Kier molecular flexibility index (Phi) is 10.9. The molecule has 0 aromatic heterocycles. The Hall–Kier alpha value is -3.82. The second-order valence-corrected chi connectivity index (χ2v) is 8.82. The zero-order valence-electron chi connectivity index (χ0n) is 21.0. The van der Waals surface area contributed by atoms with Crippen LogP contribution in [0.4, 0.5) is 5.69 Å². The number of carbonyl (C=O) groups is 2. The largest absolute Gasteiger partial charge is 0.490 e. The number of amides is 2. The van der Waals surface area contributed by atoms with E-state index >= 15 is 0 Å². The summed E-state index contributed by atoms with van der Waals surface area (Å²) in [5, 5.41) is 23.8. The molecular formula is C27H32Cl2N6O3. The minimum absolute atomic E-state index is 0. The summed E-state index contributed by atoms with van der Waals surface area (Å²) in [6.07, 6.45) is 1.92. The number of ether oxygens (including phenoxy) is 1. The molecule has 0 spiro atoms. The van der Waals surface area contributed by atoms with Crippen LogP contribution >= 0.6 is 24.8 Å². The van der Waals surface area contributed by atoms with Gasteiger partial charge in [0, 0.05) is 43.7 Å². The molecule has 3 aromatic rings. The maximum Gasteiger partial charge on any atom is 0.309 e. The summed E-state index contributed by atoms with van der Waals surface area (Å²) in [7, 11) is 0. The Morgan fingerprint density at radius 2 is 1.71 bits per heavy atom. The van der Waals surface area contributed by atoms with Crippen molar-refractivity contribution in [3.8, 4) is 5.75 Å². The van der Waals surface area contributed by atoms with Gasteiger partial charge in [0.2, 0.25) is 0 Å². The van der Waals surface area contributed by atoms with Gasteiger partial charge < -0.3 is 26.0 Å². The van der Waals surface area contributed by atoms with E-state index < -0.39 is 11.8 Å². The van der Waals surface area contributed by atoms with Gasteiger partial charge in [-0.3, -0.25) is 20.4 Å². The average Bonchev–Trinajstić information content (AvgIpc) is 2.88. The van der Waals surface area contributed by atoms with Crippen molar-refractivity contribution < 1.29 is 14.3 Å². The fourth-order valence-corrected chi connectivity index (χ4v) is 4.26. The number of fused-ring (bicyclic) bond motifs is 1. The number of halogens is 2. The van der Waals surface area contributed by atoms with E-state index in [0.29, 0.717) is 5.84 Å². The number of primary amides is 1. The number of rotatable bonds is 6. The first kappa shape index (κ1) is 30.4. The summed E-state index contributed by atoms with van der Waals surface area (Å²) in [6.45, 7) is 3.68. The minimum Gasteiger partial charge on any atom is -0.490 e. The van der Waals surface area contributed by atoms with Crippen molar-refractivity contribution in [3.05, 3.63) is 71.8 Å². The molecule has 0 atom stereocenters. The van der Waals surface area contributed by atoms with E-state index in [-0.39, 0.29) is 43.3 Å². The van der Waals surface area contributed by atoms with Gasteiger partial charge in [-0.25, -0.2) is 0 Å². The monoisotopic (exact) mass is 558 g/mol. The van der Waals surface area contributed by atoms with E-state index in [1.54, 1.807) is 0 Å². The first-order valence-corrected chi connectivity index (χ1v) is 11.8. The van der Waals surface area contributed by atoms with Crippen LogP contribution in [0.3, 0.4) is 0 Å². The van der Waals surface area contributed by atoms with Crippen LogP contribution in [0, 0.1) is 10.8 Å². The van der Waals surface area contributed by atoms with Crippen LogP contribution in [0.5, 0.6) is 5.75 Å². The fraction of sp³-hybridized carbons (Fsp3) is 0.259. The molecule has 0 bridgehead atoms. The third kappa shape index (κ3) is 7.60. The number of amidine groups is 2. The number of piperidine rings is 1. The Morgan fingerprint density at radius 3 is 2.34 bits per heavy atom. The third-order valence-electron chi connectivity index (χ3n) is 6.23. The number of hydrogen-bond acceptors (Lipinski definition) is 5. The molecule has 202 valence electrons. The molecule has 4 rings (SSSR count). The Morgan fingerprint density at radius 1 is 1.03 bits per heavy atom. The van der Waals surface area contributed by atoms with E-state index in [9.17, 15) is 9.59 Å². The normalized spacial score (nSPS) is 13.0. The molecule has 3 aromatic carbocycles. The van der Waals surface area contributed by atoms with Crippen molar-refractivity contribution in [2.75, 3.05) is 18.4 Å². The first-order valence-electron chi connectivity index (χ1n) is 11.8. The third-order valence-corrected chi connectivity index (χ3v) is 6.23. The zero-order chi connectivity index (χ0) is 25.7. The lowest BCUT2D eigenvalue weighted by atomic mass is 10.0. The number of nitrogens with two attached hydrogens (primary N) is 1. The predicted molar refractivity (Wildman–Crippen MR) is 155 cm³/mol. The molecule has 6 N–H and O–H groups in total. The summed E-state index contributed by atoms with van der Waals surface area (Å²) in [5.74, 6) is -0.186. The van der Waals surface area contributed by atoms with Crippen molar-refractivity contribution in [1.29, 1.82) is 10.8 Å². The van der Waals surface area contributed by atoms with Crippen LogP contribution in [0.25, 0.3) is 10.8 Å². The maximum absolute atomic E-state index is 11.4. The summed E-state index contributed by atoms with van der Waals surface area (Å²) >= 11 is 0. The van der Waals surface area contributed by atoms with Gasteiger partial charge in [-0.05, 0) is 53.6 Å². The Labute approximate surface area is 233 Å². The number of nitrogens with one attached hydrogen (secondary N) is 4. The van der Waals surface area contributed by atoms with Crippen LogP contribution in [0.1, 0.15) is 30.9 Å². The minimum atomic E-state index is -1.02. The van der Waals surface area contributed by atoms with Crippen molar-refractivity contribution in [2.45, 2.75) is 32.4 Å². The van der Waals surface area contributed by atoms with Crippen LogP contribution < -0.4 is 21.1 Å². The molecule has 1 heterocycles. The van der Waals surface area contributed by atoms with Gasteiger partial charge in [0.05, 0.1) is 5.84 Å². The standard InChI is InChI=1S/C27H30N6O3.2ClH/c1-17(28)33-13-11-22(12-14-33)36-21-8-6-20(7-9-21)32-25(29)24-4-2-3-19-15-18(5-10-23(19)24)16-31-27(35)26(30)34;;/h2-10,15,22,28H,11-14,16H2,1H3,(H2,29,32)(H2,30,34)(H,31,35);2*1H. The molecule has 0 unspecified atom stereocenters. The molecular weight excluding hydrogens is 527 g/mol. The van der Waals surface area contributed by atoms with Gasteiger partial charge in [0.1, 0.15) is 17.7 Å². The van der Waals surface area contributed by atoms with Crippen molar-refractivity contribution in [3.63, 3.8) is 0 Å². The summed E-state index contributed by atoms with van der Waals surface area (Å²) in [4.78, 5) is 24.4. The lowest BCUT2D eigenvalue weighted by Gasteiger charge is -2.32. The SMILES string of the molecule is CC(=N)N1CCC(Oc2ccc(NC(=N)c3cccc4cc(CNC(=O)C(N)=O)ccc34)cc2)CC1.Cl.Cl. The maximum atomic E-state index is 11.4. The molecule has 11 heteroatoms. The second-order valence-electron chi connectivity index (χ2n) is 8.82. The lowest BCUT2D eigenvalue weighted by Crippen LogP contribution is -2.40. The van der Waals surface area contributed by atoms with E-state index in [4.69, 9.17) is 21.3 Å². The molecule has 0 aliphatic carbocycles. The highest BCUT2D eigenvalue weighted by molar-refractivity contribution is 6.34. The molecule has 9 nitrogen and oxygen atoms in total. The summed E-state index contributed by atoms with van der Waals surface area (Å²) in [5.41, 5.74) is 7.32. The average molecular weight is 559 g/mol. The van der Waals surface area contributed by atoms with Crippen molar-refractivity contribution in [1.82, 2.24) is 10.2 Å². The number of nitrogens with zero attached hydrogens (tertiary/aromatic N) is 1. The molecule has 1 aliphatic rings. The quantitative estimate of drug-likeness (QED) is 0.176. The molecule has 1 aliphatic heterocycles. The van der Waals surface area contributed by atoms with Crippen LogP contribution in [-0.2, 0) is 16.1 Å². The molecule has 2 amide bonds. The highest BCUT2D eigenvalue weighted by Gasteiger charge is 2.20. The highest BCUT2D eigenvalue weighted by atomic mass is 35.5. The van der Waals surface area contributed by atoms with Gasteiger partial charge in [0.15, 0.2) is 0 Å². The number of carbonyl (C=O) groups excluding carboxylic acids is 2. The van der Waals surface area contributed by atoms with Crippen LogP contribution in [0.2, 0.25) is 0 Å². The van der Waals surface area contributed by atoms with Gasteiger partial charge in [-0.2, -0.15) is 0 Å². The van der Waals surface area contributed by atoms with Gasteiger partial charge in [-0.1, -0.05) is 30.3 Å². The number of hydrogen-bond donors (Lipinski definition) is 5. The molecule has 1 saturated heterocycles. The van der Waals surface area contributed by atoms with E-state index in [2.05, 4.69) is 15.5 Å². The van der Waals surface area contributed by atoms with Crippen molar-refractivity contribution >= 4 is 64.8 Å². The lowest BCUT2D eigenvalue weighted by molar-refractivity contribution is -0.137. The van der Waals surface area contributed by atoms with Gasteiger partial charge in [0.25, 0.3) is 0 Å². The van der Waals surface area contributed by atoms with E-state index in [0.717, 1.165) is 59.3 Å². The van der Waals surface area contributed by atoms with Crippen LogP contribution in [0.15, 0.2) is 60.7 Å². The Balaban J connectivity index is 0.00000253. The molecule has 1 fully saturated rings. The summed E-state index contributed by atoms with van der Waals surface area (Å²) in [6, 6.07) is 18.9. The topological polar surface area (TPSA) is 144 Å².